The Morgan fingerprint density at radius 1 is 1.15 bits per heavy atom. The molecule has 4 rings (SSSR count). The van der Waals surface area contributed by atoms with E-state index < -0.39 is 0 Å². The number of hydrogen-bond acceptors (Lipinski definition) is 5. The lowest BCUT2D eigenvalue weighted by Crippen LogP contribution is -2.27. The number of nitrogens with one attached hydrogen (secondary N) is 1. The minimum atomic E-state index is -0.343. The lowest BCUT2D eigenvalue weighted by molar-refractivity contribution is 0.0924. The highest BCUT2D eigenvalue weighted by molar-refractivity contribution is 7.13. The van der Waals surface area contributed by atoms with E-state index in [1.807, 2.05) is 73.8 Å². The van der Waals surface area contributed by atoms with E-state index in [1.165, 1.54) is 0 Å². The van der Waals surface area contributed by atoms with Gasteiger partial charge in [-0.15, -0.1) is 16.4 Å². The van der Waals surface area contributed by atoms with Crippen LogP contribution in [0.15, 0.2) is 64.4 Å². The maximum atomic E-state index is 12.7. The normalized spacial score (nSPS) is 12.1. The van der Waals surface area contributed by atoms with Gasteiger partial charge in [0.2, 0.25) is 5.82 Å². The zero-order chi connectivity index (χ0) is 18.8. The number of nitrogens with zero attached hydrogens (tertiary/aromatic N) is 3. The molecule has 0 saturated heterocycles. The van der Waals surface area contributed by atoms with E-state index in [1.54, 1.807) is 16.0 Å². The molecule has 0 saturated carbocycles. The molecule has 6 nitrogen and oxygen atoms in total. The van der Waals surface area contributed by atoms with E-state index >= 15 is 0 Å². The highest BCUT2D eigenvalue weighted by atomic mass is 32.1. The Morgan fingerprint density at radius 2 is 1.96 bits per heavy atom. The fourth-order valence-corrected chi connectivity index (χ4v) is 3.44. The maximum absolute atomic E-state index is 12.7. The quantitative estimate of drug-likeness (QED) is 0.559. The number of aromatic nitrogens is 3. The zero-order valence-electron chi connectivity index (χ0n) is 14.9. The first kappa shape index (κ1) is 17.2. The molecule has 0 radical (unpaired) electrons. The van der Waals surface area contributed by atoms with Gasteiger partial charge in [0, 0.05) is 0 Å². The van der Waals surface area contributed by atoms with Gasteiger partial charge in [0.05, 0.1) is 16.6 Å². The summed E-state index contributed by atoms with van der Waals surface area (Å²) in [6.07, 6.45) is 0. The Bertz CT molecular complexity index is 1050. The summed E-state index contributed by atoms with van der Waals surface area (Å²) in [7, 11) is 0. The molecule has 0 fully saturated rings. The Hall–Kier alpha value is -3.19. The van der Waals surface area contributed by atoms with Gasteiger partial charge in [-0.1, -0.05) is 24.3 Å². The number of rotatable bonds is 5. The van der Waals surface area contributed by atoms with Gasteiger partial charge in [-0.25, -0.2) is 9.67 Å². The summed E-state index contributed by atoms with van der Waals surface area (Å²) in [4.78, 5) is 18.2. The number of hydrogen-bond donors (Lipinski definition) is 1. The first-order valence-electron chi connectivity index (χ1n) is 8.55. The van der Waals surface area contributed by atoms with Crippen LogP contribution in [0.3, 0.4) is 0 Å². The van der Waals surface area contributed by atoms with Crippen LogP contribution in [0.1, 0.15) is 35.1 Å². The monoisotopic (exact) mass is 378 g/mol. The molecule has 3 aromatic heterocycles. The molecular weight excluding hydrogens is 360 g/mol. The number of aryl methyl sites for hydroxylation is 1. The second-order valence-electron chi connectivity index (χ2n) is 6.13. The minimum Gasteiger partial charge on any atom is -0.464 e. The van der Waals surface area contributed by atoms with Crippen LogP contribution in [0.4, 0.5) is 0 Å². The number of para-hydroxylation sites is 1. The van der Waals surface area contributed by atoms with Crippen molar-refractivity contribution in [3.8, 4) is 16.4 Å². The van der Waals surface area contributed by atoms with Gasteiger partial charge < -0.3 is 9.73 Å². The molecule has 1 atom stereocenters. The number of benzene rings is 1. The molecule has 7 heteroatoms. The zero-order valence-corrected chi connectivity index (χ0v) is 15.7. The van der Waals surface area contributed by atoms with Gasteiger partial charge >= 0.3 is 0 Å². The van der Waals surface area contributed by atoms with E-state index in [-0.39, 0.29) is 17.8 Å². The molecule has 3 heterocycles. The van der Waals surface area contributed by atoms with Crippen LogP contribution in [0.2, 0.25) is 0 Å². The van der Waals surface area contributed by atoms with E-state index in [9.17, 15) is 4.79 Å². The van der Waals surface area contributed by atoms with Crippen molar-refractivity contribution in [1.29, 1.82) is 0 Å². The Kier molecular flexibility index (Phi) is 4.60. The highest BCUT2D eigenvalue weighted by Gasteiger charge is 2.21. The van der Waals surface area contributed by atoms with Crippen molar-refractivity contribution in [3.05, 3.63) is 77.3 Å². The van der Waals surface area contributed by atoms with E-state index in [2.05, 4.69) is 15.4 Å². The minimum absolute atomic E-state index is 0.123. The summed E-state index contributed by atoms with van der Waals surface area (Å²) >= 11 is 1.55. The molecular formula is C20H18N4O2S. The molecule has 1 aromatic carbocycles. The lowest BCUT2D eigenvalue weighted by Gasteiger charge is -2.09. The first-order valence-corrected chi connectivity index (χ1v) is 9.43. The highest BCUT2D eigenvalue weighted by Crippen LogP contribution is 2.25. The van der Waals surface area contributed by atoms with Gasteiger partial charge in [0.25, 0.3) is 5.91 Å². The van der Waals surface area contributed by atoms with Crippen molar-refractivity contribution < 1.29 is 9.21 Å². The van der Waals surface area contributed by atoms with Crippen molar-refractivity contribution in [2.24, 2.45) is 0 Å². The summed E-state index contributed by atoms with van der Waals surface area (Å²) in [5.41, 5.74) is 0.849. The molecule has 1 amide bonds. The summed E-state index contributed by atoms with van der Waals surface area (Å²) in [6.45, 7) is 3.74. The summed E-state index contributed by atoms with van der Waals surface area (Å²) in [5.74, 6) is 1.92. The number of furan rings is 1. The Morgan fingerprint density at radius 3 is 2.63 bits per heavy atom. The fourth-order valence-electron chi connectivity index (χ4n) is 2.74. The summed E-state index contributed by atoms with van der Waals surface area (Å²) in [6, 6.07) is 17.0. The number of amides is 1. The van der Waals surface area contributed by atoms with Crippen molar-refractivity contribution >= 4 is 17.2 Å². The van der Waals surface area contributed by atoms with Crippen LogP contribution in [-0.2, 0) is 0 Å². The van der Waals surface area contributed by atoms with Gasteiger partial charge in [-0.3, -0.25) is 4.79 Å². The van der Waals surface area contributed by atoms with Crippen molar-refractivity contribution in [1.82, 2.24) is 20.1 Å². The molecule has 0 bridgehead atoms. The van der Waals surface area contributed by atoms with Crippen molar-refractivity contribution in [2.75, 3.05) is 0 Å². The second-order valence-corrected chi connectivity index (χ2v) is 7.07. The number of carbonyl (C=O) groups excluding carboxylic acids is 1. The van der Waals surface area contributed by atoms with Crippen LogP contribution >= 0.6 is 11.3 Å². The predicted octanol–water partition coefficient (Wildman–Crippen LogP) is 4.39. The predicted molar refractivity (Wildman–Crippen MR) is 104 cm³/mol. The van der Waals surface area contributed by atoms with E-state index in [4.69, 9.17) is 4.42 Å². The van der Waals surface area contributed by atoms with Gasteiger partial charge in [0.1, 0.15) is 11.5 Å². The van der Waals surface area contributed by atoms with Crippen LogP contribution in [0, 0.1) is 6.92 Å². The van der Waals surface area contributed by atoms with Crippen molar-refractivity contribution in [3.63, 3.8) is 0 Å². The lowest BCUT2D eigenvalue weighted by atomic mass is 10.2. The number of carbonyl (C=O) groups is 1. The van der Waals surface area contributed by atoms with Crippen LogP contribution in [-0.4, -0.2) is 20.7 Å². The average Bonchev–Trinajstić information content (AvgIpc) is 3.42. The molecule has 0 aliphatic heterocycles. The second kappa shape index (κ2) is 7.20. The fraction of sp³-hybridized carbons (Fsp3) is 0.150. The Balaban J connectivity index is 1.66. The average molecular weight is 378 g/mol. The summed E-state index contributed by atoms with van der Waals surface area (Å²) < 4.78 is 7.28. The molecule has 4 aromatic rings. The van der Waals surface area contributed by atoms with Crippen molar-refractivity contribution in [2.45, 2.75) is 19.9 Å². The summed E-state index contributed by atoms with van der Waals surface area (Å²) in [5, 5.41) is 9.33. The third-order valence-corrected chi connectivity index (χ3v) is 4.95. The molecule has 0 aliphatic carbocycles. The van der Waals surface area contributed by atoms with Gasteiger partial charge in [0.15, 0.2) is 5.82 Å². The smallest absolute Gasteiger partial charge is 0.291 e. The van der Waals surface area contributed by atoms with Crippen LogP contribution < -0.4 is 5.32 Å². The van der Waals surface area contributed by atoms with E-state index in [0.29, 0.717) is 11.6 Å². The van der Waals surface area contributed by atoms with E-state index in [0.717, 1.165) is 16.3 Å². The molecule has 0 spiro atoms. The standard InChI is InChI=1S/C20H18N4O2S/c1-13-10-11-16(26-13)14(2)21-20(25)18-22-19(17-9-6-12-27-17)24(23-18)15-7-4-3-5-8-15/h3-12,14H,1-2H3,(H,21,25). The first-order chi connectivity index (χ1) is 13.1. The largest absolute Gasteiger partial charge is 0.464 e. The third-order valence-electron chi connectivity index (χ3n) is 4.09. The molecule has 0 aliphatic rings. The SMILES string of the molecule is Cc1ccc(C(C)NC(=O)c2nc(-c3cccs3)n(-c3ccccc3)n2)o1. The number of thiophene rings is 1. The molecule has 1 unspecified atom stereocenters. The molecule has 27 heavy (non-hydrogen) atoms. The van der Waals surface area contributed by atoms with Gasteiger partial charge in [-0.05, 0) is 49.6 Å². The third kappa shape index (κ3) is 3.54. The molecule has 1 N–H and O–H groups in total. The Labute approximate surface area is 160 Å². The van der Waals surface area contributed by atoms with Crippen LogP contribution in [0.5, 0.6) is 0 Å². The topological polar surface area (TPSA) is 73.0 Å². The molecule has 136 valence electrons. The van der Waals surface area contributed by atoms with Crippen LogP contribution in [0.25, 0.3) is 16.4 Å². The maximum Gasteiger partial charge on any atom is 0.291 e. The van der Waals surface area contributed by atoms with Gasteiger partial charge in [-0.2, -0.15) is 0 Å².